The topological polar surface area (TPSA) is 96.7 Å². The molecule has 40 heavy (non-hydrogen) atoms. The SMILES string of the molecule is Cc1cccc(C)c1NC(=O)C(c1coc2ccccc2c1=O)N(C(=O)C(=O)c1ccccc1)c1ccccc1. The van der Waals surface area contributed by atoms with E-state index in [2.05, 4.69) is 5.32 Å². The standard InChI is InChI=1S/C33H26N2O5/c1-21-12-11-13-22(2)28(21)34-32(38)29(26-20-40-27-19-10-9-18-25(27)31(26)37)35(24-16-7-4-8-17-24)33(39)30(36)23-14-5-3-6-15-23/h3-20,29H,1-2H3,(H,34,38). The van der Waals surface area contributed by atoms with Crippen LogP contribution in [0.2, 0.25) is 0 Å². The molecule has 7 heteroatoms. The first-order valence-corrected chi connectivity index (χ1v) is 12.7. The summed E-state index contributed by atoms with van der Waals surface area (Å²) in [6.45, 7) is 3.70. The van der Waals surface area contributed by atoms with Crippen molar-refractivity contribution in [3.8, 4) is 0 Å². The summed E-state index contributed by atoms with van der Waals surface area (Å²) in [5.41, 5.74) is 2.36. The Balaban J connectivity index is 1.72. The summed E-state index contributed by atoms with van der Waals surface area (Å²) in [4.78, 5) is 56.5. The molecule has 1 N–H and O–H groups in total. The number of hydrogen-bond donors (Lipinski definition) is 1. The summed E-state index contributed by atoms with van der Waals surface area (Å²) in [6, 6.07) is 27.1. The van der Waals surface area contributed by atoms with Gasteiger partial charge >= 0.3 is 0 Å². The summed E-state index contributed by atoms with van der Waals surface area (Å²) < 4.78 is 5.76. The Bertz CT molecular complexity index is 1760. The van der Waals surface area contributed by atoms with Gasteiger partial charge in [0, 0.05) is 16.9 Å². The van der Waals surface area contributed by atoms with E-state index in [1.807, 2.05) is 32.0 Å². The molecule has 0 bridgehead atoms. The highest BCUT2D eigenvalue weighted by molar-refractivity contribution is 6.47. The maximum atomic E-state index is 14.2. The van der Waals surface area contributed by atoms with E-state index in [1.165, 1.54) is 18.4 Å². The van der Waals surface area contributed by atoms with E-state index in [9.17, 15) is 19.2 Å². The van der Waals surface area contributed by atoms with E-state index in [-0.39, 0.29) is 22.2 Å². The molecule has 5 aromatic rings. The van der Waals surface area contributed by atoms with E-state index >= 15 is 0 Å². The third-order valence-electron chi connectivity index (χ3n) is 6.72. The number of Topliss-reactive ketones (excluding diaryl/α,β-unsaturated/α-hetero) is 1. The lowest BCUT2D eigenvalue weighted by atomic mass is 10.0. The molecule has 0 radical (unpaired) electrons. The fraction of sp³-hybridized carbons (Fsp3) is 0.0909. The molecule has 0 aliphatic carbocycles. The molecule has 1 atom stereocenters. The van der Waals surface area contributed by atoms with Gasteiger partial charge in [-0.25, -0.2) is 0 Å². The molecule has 2 amide bonds. The first kappa shape index (κ1) is 26.3. The number of aryl methyl sites for hydroxylation is 2. The van der Waals surface area contributed by atoms with Crippen LogP contribution in [-0.2, 0) is 9.59 Å². The molecule has 0 fully saturated rings. The summed E-state index contributed by atoms with van der Waals surface area (Å²) in [7, 11) is 0. The smallest absolute Gasteiger partial charge is 0.300 e. The van der Waals surface area contributed by atoms with Gasteiger partial charge in [0.05, 0.1) is 10.9 Å². The van der Waals surface area contributed by atoms with Gasteiger partial charge in [0.2, 0.25) is 0 Å². The zero-order chi connectivity index (χ0) is 28.2. The van der Waals surface area contributed by atoms with Crippen LogP contribution in [0.4, 0.5) is 11.4 Å². The molecule has 5 rings (SSSR count). The molecule has 1 heterocycles. The number of anilines is 2. The Morgan fingerprint density at radius 1 is 0.750 bits per heavy atom. The third-order valence-corrected chi connectivity index (χ3v) is 6.72. The van der Waals surface area contributed by atoms with Crippen LogP contribution in [0.5, 0.6) is 0 Å². The van der Waals surface area contributed by atoms with E-state index in [1.54, 1.807) is 72.8 Å². The molecule has 0 aliphatic rings. The van der Waals surface area contributed by atoms with Gasteiger partial charge in [-0.3, -0.25) is 24.1 Å². The maximum absolute atomic E-state index is 14.2. The molecule has 0 saturated carbocycles. The zero-order valence-corrected chi connectivity index (χ0v) is 22.0. The Morgan fingerprint density at radius 2 is 1.35 bits per heavy atom. The predicted octanol–water partition coefficient (Wildman–Crippen LogP) is 6.01. The second-order valence-corrected chi connectivity index (χ2v) is 9.38. The van der Waals surface area contributed by atoms with Crippen LogP contribution < -0.4 is 15.6 Å². The highest BCUT2D eigenvalue weighted by Crippen LogP contribution is 2.31. The molecule has 0 aliphatic heterocycles. The third kappa shape index (κ3) is 5.05. The molecular formula is C33H26N2O5. The van der Waals surface area contributed by atoms with Crippen molar-refractivity contribution in [3.63, 3.8) is 0 Å². The van der Waals surface area contributed by atoms with E-state index in [0.29, 0.717) is 11.3 Å². The first-order chi connectivity index (χ1) is 19.4. The minimum absolute atomic E-state index is 0.0829. The van der Waals surface area contributed by atoms with Crippen molar-refractivity contribution >= 4 is 39.9 Å². The number of amides is 2. The van der Waals surface area contributed by atoms with Gasteiger partial charge in [-0.1, -0.05) is 78.9 Å². The monoisotopic (exact) mass is 530 g/mol. The summed E-state index contributed by atoms with van der Waals surface area (Å²) >= 11 is 0. The quantitative estimate of drug-likeness (QED) is 0.205. The van der Waals surface area contributed by atoms with E-state index < -0.39 is 29.1 Å². The van der Waals surface area contributed by atoms with Gasteiger partial charge in [0.1, 0.15) is 17.9 Å². The lowest BCUT2D eigenvalue weighted by molar-refractivity contribution is -0.121. The molecule has 0 spiro atoms. The second-order valence-electron chi connectivity index (χ2n) is 9.38. The number of fused-ring (bicyclic) bond motifs is 1. The van der Waals surface area contributed by atoms with Crippen molar-refractivity contribution < 1.29 is 18.8 Å². The molecule has 1 aromatic heterocycles. The highest BCUT2D eigenvalue weighted by atomic mass is 16.3. The van der Waals surface area contributed by atoms with Crippen LogP contribution >= 0.6 is 0 Å². The number of para-hydroxylation sites is 3. The number of nitrogens with zero attached hydrogens (tertiary/aromatic N) is 1. The minimum Gasteiger partial charge on any atom is -0.464 e. The average molecular weight is 531 g/mol. The predicted molar refractivity (Wildman–Crippen MR) is 154 cm³/mol. The van der Waals surface area contributed by atoms with Crippen molar-refractivity contribution in [3.05, 3.63) is 142 Å². The van der Waals surface area contributed by atoms with Crippen molar-refractivity contribution in [1.82, 2.24) is 0 Å². The van der Waals surface area contributed by atoms with Gasteiger partial charge < -0.3 is 9.73 Å². The van der Waals surface area contributed by atoms with Crippen LogP contribution in [0.15, 0.2) is 119 Å². The fourth-order valence-electron chi connectivity index (χ4n) is 4.68. The largest absolute Gasteiger partial charge is 0.464 e. The Hall–Kier alpha value is -5.30. The zero-order valence-electron chi connectivity index (χ0n) is 22.0. The summed E-state index contributed by atoms with van der Waals surface area (Å²) in [5.74, 6) is -2.45. The number of ketones is 1. The number of carbonyl (C=O) groups is 3. The summed E-state index contributed by atoms with van der Waals surface area (Å²) in [6.07, 6.45) is 1.19. The van der Waals surface area contributed by atoms with Gasteiger partial charge in [0.15, 0.2) is 5.43 Å². The van der Waals surface area contributed by atoms with Gasteiger partial charge in [-0.15, -0.1) is 0 Å². The van der Waals surface area contributed by atoms with Crippen LogP contribution in [0.3, 0.4) is 0 Å². The number of benzene rings is 4. The van der Waals surface area contributed by atoms with Crippen LogP contribution in [0, 0.1) is 13.8 Å². The van der Waals surface area contributed by atoms with Crippen molar-refractivity contribution in [1.29, 1.82) is 0 Å². The number of nitrogens with one attached hydrogen (secondary N) is 1. The van der Waals surface area contributed by atoms with Gasteiger partial charge in [0.25, 0.3) is 17.6 Å². The molecule has 4 aromatic carbocycles. The Labute approximate surface area is 230 Å². The lowest BCUT2D eigenvalue weighted by Crippen LogP contribution is -2.46. The van der Waals surface area contributed by atoms with Crippen LogP contribution in [0.1, 0.15) is 33.1 Å². The highest BCUT2D eigenvalue weighted by Gasteiger charge is 2.38. The number of rotatable bonds is 7. The molecule has 198 valence electrons. The fourth-order valence-corrected chi connectivity index (χ4v) is 4.68. The number of carbonyl (C=O) groups excluding carboxylic acids is 3. The summed E-state index contributed by atoms with van der Waals surface area (Å²) in [5, 5.41) is 3.16. The lowest BCUT2D eigenvalue weighted by Gasteiger charge is -2.30. The van der Waals surface area contributed by atoms with E-state index in [0.717, 1.165) is 16.0 Å². The normalized spacial score (nSPS) is 11.6. The Kier molecular flexibility index (Phi) is 7.37. The van der Waals surface area contributed by atoms with Crippen molar-refractivity contribution in [2.45, 2.75) is 19.9 Å². The maximum Gasteiger partial charge on any atom is 0.300 e. The molecule has 1 unspecified atom stereocenters. The molecular weight excluding hydrogens is 504 g/mol. The molecule has 7 nitrogen and oxygen atoms in total. The number of hydrogen-bond acceptors (Lipinski definition) is 5. The molecule has 0 saturated heterocycles. The van der Waals surface area contributed by atoms with Gasteiger partial charge in [-0.2, -0.15) is 0 Å². The van der Waals surface area contributed by atoms with Crippen LogP contribution in [0.25, 0.3) is 11.0 Å². The van der Waals surface area contributed by atoms with Crippen LogP contribution in [-0.4, -0.2) is 17.6 Å². The second kappa shape index (κ2) is 11.2. The minimum atomic E-state index is -1.53. The first-order valence-electron chi connectivity index (χ1n) is 12.7. The van der Waals surface area contributed by atoms with Gasteiger partial charge in [-0.05, 0) is 49.2 Å². The van der Waals surface area contributed by atoms with E-state index in [4.69, 9.17) is 4.42 Å². The average Bonchev–Trinajstić information content (AvgIpc) is 2.98. The van der Waals surface area contributed by atoms with Crippen molar-refractivity contribution in [2.24, 2.45) is 0 Å². The van der Waals surface area contributed by atoms with Crippen molar-refractivity contribution in [2.75, 3.05) is 10.2 Å². The Morgan fingerprint density at radius 3 is 2.02 bits per heavy atom.